The fraction of sp³-hybridized carbons (Fsp3) is 0.160. The molecule has 0 saturated carbocycles. The lowest BCUT2D eigenvalue weighted by Gasteiger charge is -2.17. The van der Waals surface area contributed by atoms with Crippen LogP contribution in [0.1, 0.15) is 24.4 Å². The quantitative estimate of drug-likeness (QED) is 0.258. The molecule has 1 atom stereocenters. The van der Waals surface area contributed by atoms with Crippen molar-refractivity contribution in [1.29, 1.82) is 0 Å². The van der Waals surface area contributed by atoms with Crippen LogP contribution in [-0.2, 0) is 10.5 Å². The van der Waals surface area contributed by atoms with Crippen molar-refractivity contribution in [2.75, 3.05) is 6.61 Å². The zero-order chi connectivity index (χ0) is 24.8. The maximum Gasteiger partial charge on any atom is 0.258 e. The summed E-state index contributed by atoms with van der Waals surface area (Å²) in [4.78, 5) is 12.5. The van der Waals surface area contributed by atoms with E-state index in [0.29, 0.717) is 38.2 Å². The highest BCUT2D eigenvalue weighted by Crippen LogP contribution is 2.32. The molecule has 10 heteroatoms. The molecule has 1 unspecified atom stereocenters. The molecule has 1 heterocycles. The molecular weight excluding hydrogens is 510 g/mol. The van der Waals surface area contributed by atoms with Crippen molar-refractivity contribution in [1.82, 2.24) is 20.1 Å². The van der Waals surface area contributed by atoms with E-state index in [1.54, 1.807) is 54.0 Å². The first-order valence-electron chi connectivity index (χ1n) is 10.7. The Morgan fingerprint density at radius 3 is 2.54 bits per heavy atom. The van der Waals surface area contributed by atoms with Crippen LogP contribution in [0.25, 0.3) is 5.69 Å². The Bertz CT molecular complexity index is 1300. The van der Waals surface area contributed by atoms with Gasteiger partial charge >= 0.3 is 0 Å². The van der Waals surface area contributed by atoms with Gasteiger partial charge in [0.05, 0.1) is 16.8 Å². The van der Waals surface area contributed by atoms with Crippen molar-refractivity contribution in [2.24, 2.45) is 0 Å². The number of carbonyl (C=O) groups is 1. The van der Waals surface area contributed by atoms with E-state index < -0.39 is 6.04 Å². The number of rotatable bonds is 9. The van der Waals surface area contributed by atoms with E-state index in [9.17, 15) is 9.18 Å². The molecule has 4 rings (SSSR count). The Hall–Kier alpha value is -3.07. The van der Waals surface area contributed by atoms with Gasteiger partial charge in [0.25, 0.3) is 5.91 Å². The molecule has 1 N–H and O–H groups in total. The lowest BCUT2D eigenvalue weighted by atomic mass is 10.2. The van der Waals surface area contributed by atoms with Crippen molar-refractivity contribution in [2.45, 2.75) is 23.9 Å². The third-order valence-corrected chi connectivity index (χ3v) is 6.51. The average Bonchev–Trinajstić information content (AvgIpc) is 3.27. The minimum atomic E-state index is -0.499. The first kappa shape index (κ1) is 25.0. The van der Waals surface area contributed by atoms with E-state index >= 15 is 0 Å². The molecule has 0 spiro atoms. The second-order valence-corrected chi connectivity index (χ2v) is 9.36. The van der Waals surface area contributed by atoms with Gasteiger partial charge in [-0.25, -0.2) is 4.39 Å². The first-order chi connectivity index (χ1) is 16.9. The smallest absolute Gasteiger partial charge is 0.258 e. The van der Waals surface area contributed by atoms with Crippen LogP contribution in [0.15, 0.2) is 78.0 Å². The zero-order valence-corrected chi connectivity index (χ0v) is 20.9. The summed E-state index contributed by atoms with van der Waals surface area (Å²) in [5.74, 6) is 1.03. The van der Waals surface area contributed by atoms with Crippen molar-refractivity contribution >= 4 is 40.9 Å². The van der Waals surface area contributed by atoms with Crippen LogP contribution in [-0.4, -0.2) is 27.3 Å². The van der Waals surface area contributed by atoms with Crippen LogP contribution in [0.3, 0.4) is 0 Å². The summed E-state index contributed by atoms with van der Waals surface area (Å²) in [6.07, 6.45) is 0. The van der Waals surface area contributed by atoms with Crippen molar-refractivity contribution in [3.8, 4) is 11.4 Å². The van der Waals surface area contributed by atoms with E-state index in [1.807, 2.05) is 18.2 Å². The number of halogens is 3. The van der Waals surface area contributed by atoms with Gasteiger partial charge in [0.15, 0.2) is 17.6 Å². The fourth-order valence-corrected chi connectivity index (χ4v) is 4.69. The van der Waals surface area contributed by atoms with Gasteiger partial charge in [-0.3, -0.25) is 9.36 Å². The number of thioether (sulfide) groups is 1. The summed E-state index contributed by atoms with van der Waals surface area (Å²) in [5.41, 5.74) is 1.55. The monoisotopic (exact) mass is 530 g/mol. The van der Waals surface area contributed by atoms with Crippen LogP contribution in [0.4, 0.5) is 4.39 Å². The number of amides is 1. The number of para-hydroxylation sites is 1. The van der Waals surface area contributed by atoms with E-state index in [-0.39, 0.29) is 18.3 Å². The second kappa shape index (κ2) is 11.6. The largest absolute Gasteiger partial charge is 0.484 e. The third kappa shape index (κ3) is 6.54. The molecule has 0 aliphatic heterocycles. The van der Waals surface area contributed by atoms with E-state index in [4.69, 9.17) is 27.9 Å². The van der Waals surface area contributed by atoms with Crippen LogP contribution in [0.5, 0.6) is 5.75 Å². The lowest BCUT2D eigenvalue weighted by Crippen LogP contribution is -2.32. The minimum absolute atomic E-state index is 0.142. The predicted octanol–water partition coefficient (Wildman–Crippen LogP) is 6.26. The predicted molar refractivity (Wildman–Crippen MR) is 136 cm³/mol. The molecule has 1 amide bonds. The molecule has 0 bridgehead atoms. The van der Waals surface area contributed by atoms with Gasteiger partial charge in [-0.2, -0.15) is 0 Å². The molecular formula is C25H21Cl2FN4O2S. The molecule has 180 valence electrons. The third-order valence-electron chi connectivity index (χ3n) is 4.97. The molecule has 0 aliphatic carbocycles. The van der Waals surface area contributed by atoms with Gasteiger partial charge in [-0.05, 0) is 55.0 Å². The minimum Gasteiger partial charge on any atom is -0.484 e. The summed E-state index contributed by atoms with van der Waals surface area (Å²) in [7, 11) is 0. The molecule has 0 aliphatic rings. The van der Waals surface area contributed by atoms with E-state index in [1.165, 1.54) is 23.9 Å². The highest BCUT2D eigenvalue weighted by atomic mass is 35.5. The van der Waals surface area contributed by atoms with E-state index in [2.05, 4.69) is 15.5 Å². The molecule has 0 radical (unpaired) electrons. The van der Waals surface area contributed by atoms with Crippen LogP contribution >= 0.6 is 35.0 Å². The molecule has 0 saturated heterocycles. The number of ether oxygens (including phenoxy) is 1. The molecule has 3 aromatic carbocycles. The summed E-state index contributed by atoms with van der Waals surface area (Å²) in [5, 5.41) is 13.0. The highest BCUT2D eigenvalue weighted by molar-refractivity contribution is 7.98. The molecule has 6 nitrogen and oxygen atoms in total. The summed E-state index contributed by atoms with van der Waals surface area (Å²) in [6, 6.07) is 20.0. The van der Waals surface area contributed by atoms with Gasteiger partial charge in [-0.1, -0.05) is 65.3 Å². The van der Waals surface area contributed by atoms with Gasteiger partial charge < -0.3 is 10.1 Å². The molecule has 35 heavy (non-hydrogen) atoms. The normalized spacial score (nSPS) is 11.8. The number of hydrogen-bond acceptors (Lipinski definition) is 5. The summed E-state index contributed by atoms with van der Waals surface area (Å²) in [6.45, 7) is 1.66. The van der Waals surface area contributed by atoms with Crippen molar-refractivity contribution in [3.63, 3.8) is 0 Å². The molecule has 0 fully saturated rings. The maximum atomic E-state index is 13.3. The number of hydrogen-bond donors (Lipinski definition) is 1. The van der Waals surface area contributed by atoms with Gasteiger partial charge in [0, 0.05) is 10.8 Å². The zero-order valence-electron chi connectivity index (χ0n) is 18.6. The first-order valence-corrected chi connectivity index (χ1v) is 12.4. The number of nitrogens with zero attached hydrogens (tertiary/aromatic N) is 3. The van der Waals surface area contributed by atoms with Crippen LogP contribution in [0, 0.1) is 5.82 Å². The van der Waals surface area contributed by atoms with Gasteiger partial charge in [0.1, 0.15) is 11.6 Å². The van der Waals surface area contributed by atoms with Crippen LogP contribution < -0.4 is 10.1 Å². The number of carbonyl (C=O) groups excluding carboxylic acids is 1. The maximum absolute atomic E-state index is 13.3. The molecule has 4 aromatic rings. The Balaban J connectivity index is 1.55. The Morgan fingerprint density at radius 1 is 1.09 bits per heavy atom. The average molecular weight is 531 g/mol. The number of aromatic nitrogens is 3. The van der Waals surface area contributed by atoms with Gasteiger partial charge in [-0.15, -0.1) is 10.2 Å². The van der Waals surface area contributed by atoms with Crippen LogP contribution in [0.2, 0.25) is 10.0 Å². The summed E-state index contributed by atoms with van der Waals surface area (Å²) >= 11 is 14.0. The Kier molecular flexibility index (Phi) is 8.28. The summed E-state index contributed by atoms with van der Waals surface area (Å²) < 4.78 is 20.6. The standard InChI is InChI=1S/C25H21Cl2FN4O2S/c1-16(29-23(33)14-34-20-5-3-2-4-6-20)24-30-31-25(35-15-17-7-10-19(28)11-8-17)32(24)22-12-9-18(26)13-21(22)27/h2-13,16H,14-15H2,1H3,(H,29,33). The Morgan fingerprint density at radius 2 is 1.83 bits per heavy atom. The fourth-order valence-electron chi connectivity index (χ4n) is 3.29. The number of nitrogens with one attached hydrogen (secondary N) is 1. The second-order valence-electron chi connectivity index (χ2n) is 7.58. The topological polar surface area (TPSA) is 69.0 Å². The Labute approximate surface area is 216 Å². The highest BCUT2D eigenvalue weighted by Gasteiger charge is 2.23. The van der Waals surface area contributed by atoms with Crippen molar-refractivity contribution < 1.29 is 13.9 Å². The van der Waals surface area contributed by atoms with Gasteiger partial charge in [0.2, 0.25) is 0 Å². The number of benzene rings is 3. The van der Waals surface area contributed by atoms with Crippen molar-refractivity contribution in [3.05, 3.63) is 100 Å². The van der Waals surface area contributed by atoms with E-state index in [0.717, 1.165) is 5.56 Å². The molecule has 1 aromatic heterocycles. The lowest BCUT2D eigenvalue weighted by molar-refractivity contribution is -0.123. The SMILES string of the molecule is CC(NC(=O)COc1ccccc1)c1nnc(SCc2ccc(F)cc2)n1-c1ccc(Cl)cc1Cl.